The van der Waals surface area contributed by atoms with E-state index >= 15 is 0 Å². The third-order valence-electron chi connectivity index (χ3n) is 3.29. The van der Waals surface area contributed by atoms with Gasteiger partial charge in [-0.25, -0.2) is 5.43 Å². The van der Waals surface area contributed by atoms with Crippen LogP contribution in [0.4, 0.5) is 0 Å². The monoisotopic (exact) mass is 341 g/mol. The molecule has 130 valence electrons. The molecule has 0 saturated heterocycles. The quantitative estimate of drug-likeness (QED) is 0.527. The molecule has 2 rings (SSSR count). The smallest absolute Gasteiger partial charge is 0.251 e. The van der Waals surface area contributed by atoms with Gasteiger partial charge in [0.05, 0.1) is 13.3 Å². The van der Waals surface area contributed by atoms with Crippen molar-refractivity contribution >= 4 is 18.0 Å². The van der Waals surface area contributed by atoms with Crippen LogP contribution in [0.5, 0.6) is 11.5 Å². The normalized spacial score (nSPS) is 10.4. The van der Waals surface area contributed by atoms with Gasteiger partial charge in [0, 0.05) is 18.5 Å². The first kappa shape index (κ1) is 18.0. The molecule has 0 atom stereocenters. The Bertz CT molecular complexity index is 740. The third-order valence-corrected chi connectivity index (χ3v) is 3.29. The van der Waals surface area contributed by atoms with E-state index in [2.05, 4.69) is 15.8 Å². The Balaban J connectivity index is 1.70. The molecule has 0 bridgehead atoms. The predicted molar refractivity (Wildman–Crippen MR) is 93.8 cm³/mol. The summed E-state index contributed by atoms with van der Waals surface area (Å²) in [5, 5.41) is 15.6. The van der Waals surface area contributed by atoms with Crippen LogP contribution in [0, 0.1) is 0 Å². The number of hydrazone groups is 1. The van der Waals surface area contributed by atoms with Crippen molar-refractivity contribution in [2.45, 2.75) is 6.42 Å². The number of ether oxygens (including phenoxy) is 1. The predicted octanol–water partition coefficient (Wildman–Crippen LogP) is 1.67. The molecule has 0 saturated carbocycles. The van der Waals surface area contributed by atoms with E-state index in [-0.39, 0.29) is 30.5 Å². The molecule has 7 heteroatoms. The average molecular weight is 341 g/mol. The number of hydrogen-bond donors (Lipinski definition) is 3. The zero-order chi connectivity index (χ0) is 18.1. The Labute approximate surface area is 145 Å². The van der Waals surface area contributed by atoms with Crippen molar-refractivity contribution in [1.29, 1.82) is 0 Å². The number of carbonyl (C=O) groups excluding carboxylic acids is 2. The van der Waals surface area contributed by atoms with Gasteiger partial charge >= 0.3 is 0 Å². The minimum absolute atomic E-state index is 0.106. The van der Waals surface area contributed by atoms with Gasteiger partial charge in [0.25, 0.3) is 5.91 Å². The highest BCUT2D eigenvalue weighted by molar-refractivity contribution is 5.94. The van der Waals surface area contributed by atoms with Gasteiger partial charge in [-0.3, -0.25) is 9.59 Å². The van der Waals surface area contributed by atoms with Crippen LogP contribution in [-0.4, -0.2) is 36.8 Å². The Hall–Kier alpha value is -3.35. The Kier molecular flexibility index (Phi) is 6.53. The lowest BCUT2D eigenvalue weighted by Gasteiger charge is -2.05. The van der Waals surface area contributed by atoms with Crippen LogP contribution in [0.25, 0.3) is 0 Å². The maximum atomic E-state index is 11.9. The second kappa shape index (κ2) is 9.07. The fraction of sp³-hybridized carbons (Fsp3) is 0.167. The van der Waals surface area contributed by atoms with Gasteiger partial charge in [0.2, 0.25) is 5.91 Å². The number of phenolic OH excluding ortho intramolecular Hbond substituents is 1. The van der Waals surface area contributed by atoms with Crippen LogP contribution in [-0.2, 0) is 4.79 Å². The second-order valence-electron chi connectivity index (χ2n) is 5.12. The fourth-order valence-electron chi connectivity index (χ4n) is 1.93. The van der Waals surface area contributed by atoms with Crippen molar-refractivity contribution < 1.29 is 19.4 Å². The Morgan fingerprint density at radius 1 is 1.12 bits per heavy atom. The van der Waals surface area contributed by atoms with Crippen molar-refractivity contribution in [1.82, 2.24) is 10.7 Å². The molecule has 0 aliphatic rings. The van der Waals surface area contributed by atoms with E-state index in [1.807, 2.05) is 0 Å². The largest absolute Gasteiger partial charge is 0.508 e. The second-order valence-corrected chi connectivity index (χ2v) is 5.12. The first-order chi connectivity index (χ1) is 12.1. The summed E-state index contributed by atoms with van der Waals surface area (Å²) >= 11 is 0. The maximum Gasteiger partial charge on any atom is 0.251 e. The van der Waals surface area contributed by atoms with Crippen molar-refractivity contribution in [2.75, 3.05) is 13.7 Å². The molecular formula is C18H19N3O4. The maximum absolute atomic E-state index is 11.9. The average Bonchev–Trinajstić information content (AvgIpc) is 2.63. The minimum atomic E-state index is -0.315. The summed E-state index contributed by atoms with van der Waals surface area (Å²) in [6.45, 7) is 0.200. The minimum Gasteiger partial charge on any atom is -0.508 e. The number of aromatic hydroxyl groups is 1. The van der Waals surface area contributed by atoms with Crippen molar-refractivity contribution in [3.05, 3.63) is 59.7 Å². The molecule has 0 aromatic heterocycles. The van der Waals surface area contributed by atoms with Crippen molar-refractivity contribution in [2.24, 2.45) is 5.10 Å². The number of phenols is 1. The lowest BCUT2D eigenvalue weighted by molar-refractivity contribution is -0.120. The SMILES string of the molecule is COc1ccc(C(=O)NCCC(=O)NN=Cc2ccc(O)cc2)cc1. The lowest BCUT2D eigenvalue weighted by Crippen LogP contribution is -2.29. The van der Waals surface area contributed by atoms with Crippen LogP contribution in [0.1, 0.15) is 22.3 Å². The first-order valence-corrected chi connectivity index (χ1v) is 7.61. The van der Waals surface area contributed by atoms with E-state index in [1.54, 1.807) is 43.5 Å². The number of rotatable bonds is 7. The van der Waals surface area contributed by atoms with Gasteiger partial charge in [0.15, 0.2) is 0 Å². The van der Waals surface area contributed by atoms with Crippen molar-refractivity contribution in [3.63, 3.8) is 0 Å². The van der Waals surface area contributed by atoms with E-state index in [0.29, 0.717) is 11.3 Å². The van der Waals surface area contributed by atoms with E-state index in [9.17, 15) is 9.59 Å². The van der Waals surface area contributed by atoms with Gasteiger partial charge in [-0.1, -0.05) is 0 Å². The molecule has 0 heterocycles. The fourth-order valence-corrected chi connectivity index (χ4v) is 1.93. The van der Waals surface area contributed by atoms with Crippen LogP contribution in [0.3, 0.4) is 0 Å². The molecule has 2 aromatic rings. The summed E-state index contributed by atoms with van der Waals surface area (Å²) in [6, 6.07) is 13.1. The zero-order valence-corrected chi connectivity index (χ0v) is 13.7. The molecule has 0 spiro atoms. The van der Waals surface area contributed by atoms with Gasteiger partial charge < -0.3 is 15.2 Å². The summed E-state index contributed by atoms with van der Waals surface area (Å²) in [5.41, 5.74) is 3.61. The lowest BCUT2D eigenvalue weighted by atomic mass is 10.2. The van der Waals surface area contributed by atoms with Gasteiger partial charge in [-0.15, -0.1) is 0 Å². The van der Waals surface area contributed by atoms with Crippen LogP contribution in [0.2, 0.25) is 0 Å². The zero-order valence-electron chi connectivity index (χ0n) is 13.7. The number of hydrogen-bond acceptors (Lipinski definition) is 5. The molecule has 7 nitrogen and oxygen atoms in total. The van der Waals surface area contributed by atoms with Crippen LogP contribution >= 0.6 is 0 Å². The molecule has 0 aliphatic heterocycles. The van der Waals surface area contributed by atoms with Gasteiger partial charge in [-0.2, -0.15) is 5.10 Å². The first-order valence-electron chi connectivity index (χ1n) is 7.61. The molecule has 2 aromatic carbocycles. The number of carbonyl (C=O) groups is 2. The summed E-state index contributed by atoms with van der Waals surface area (Å²) < 4.78 is 5.03. The standard InChI is InChI=1S/C18H19N3O4/c1-25-16-8-4-14(5-9-16)18(24)19-11-10-17(23)21-20-12-13-2-6-15(22)7-3-13/h2-9,12,22H,10-11H2,1H3,(H,19,24)(H,21,23). The summed E-state index contributed by atoms with van der Waals surface area (Å²) in [4.78, 5) is 23.6. The molecule has 0 unspecified atom stereocenters. The highest BCUT2D eigenvalue weighted by Gasteiger charge is 2.06. The Morgan fingerprint density at radius 2 is 1.80 bits per heavy atom. The van der Waals surface area contributed by atoms with E-state index in [0.717, 1.165) is 5.56 Å². The third kappa shape index (κ3) is 5.98. The summed E-state index contributed by atoms with van der Waals surface area (Å²) in [7, 11) is 1.55. The molecule has 0 fully saturated rings. The molecule has 3 N–H and O–H groups in total. The molecule has 0 radical (unpaired) electrons. The van der Waals surface area contributed by atoms with E-state index in [4.69, 9.17) is 9.84 Å². The summed E-state index contributed by atoms with van der Waals surface area (Å²) in [6.07, 6.45) is 1.57. The van der Waals surface area contributed by atoms with E-state index in [1.165, 1.54) is 18.3 Å². The number of benzene rings is 2. The molecule has 25 heavy (non-hydrogen) atoms. The van der Waals surface area contributed by atoms with Gasteiger partial charge in [0.1, 0.15) is 11.5 Å². The molecular weight excluding hydrogens is 322 g/mol. The van der Waals surface area contributed by atoms with E-state index < -0.39 is 0 Å². The van der Waals surface area contributed by atoms with Crippen molar-refractivity contribution in [3.8, 4) is 11.5 Å². The summed E-state index contributed by atoms with van der Waals surface area (Å²) in [5.74, 6) is 0.254. The number of nitrogens with one attached hydrogen (secondary N) is 2. The van der Waals surface area contributed by atoms with Crippen LogP contribution < -0.4 is 15.5 Å². The Morgan fingerprint density at radius 3 is 2.44 bits per heavy atom. The van der Waals surface area contributed by atoms with Crippen LogP contribution in [0.15, 0.2) is 53.6 Å². The highest BCUT2D eigenvalue weighted by Crippen LogP contribution is 2.11. The number of methoxy groups -OCH3 is 1. The molecule has 2 amide bonds. The number of nitrogens with zero attached hydrogens (tertiary/aromatic N) is 1. The topological polar surface area (TPSA) is 100 Å². The number of amides is 2. The van der Waals surface area contributed by atoms with Gasteiger partial charge in [-0.05, 0) is 54.1 Å². The highest BCUT2D eigenvalue weighted by atomic mass is 16.5. The molecule has 0 aliphatic carbocycles.